The molecule has 61 heavy (non-hydrogen) atoms. The second-order valence-electron chi connectivity index (χ2n) is 21.0. The highest BCUT2D eigenvalue weighted by atomic mass is 19.1. The highest BCUT2D eigenvalue weighted by Gasteiger charge is 2.32. The topological polar surface area (TPSA) is 46.2 Å². The van der Waals surface area contributed by atoms with Crippen molar-refractivity contribution in [3.8, 4) is 0 Å². The van der Waals surface area contributed by atoms with Gasteiger partial charge >= 0.3 is 0 Å². The number of aryl methyl sites for hydroxylation is 1. The summed E-state index contributed by atoms with van der Waals surface area (Å²) in [4.78, 5) is 10.8. The van der Waals surface area contributed by atoms with E-state index in [1.54, 1.807) is 6.07 Å². The average molecular weight is 855 g/mol. The van der Waals surface area contributed by atoms with Gasteiger partial charge in [-0.1, -0.05) is 71.4 Å². The van der Waals surface area contributed by atoms with Gasteiger partial charge in [-0.15, -0.1) is 0 Å². The van der Waals surface area contributed by atoms with E-state index >= 15 is 0 Å². The Kier molecular flexibility index (Phi) is 25.2. The second-order valence-corrected chi connectivity index (χ2v) is 21.0. The minimum Gasteiger partial charge on any atom is -0.378 e. The molecule has 0 saturated heterocycles. The molecule has 5 nitrogen and oxygen atoms in total. The van der Waals surface area contributed by atoms with Crippen molar-refractivity contribution < 1.29 is 28.4 Å². The molecule has 0 spiro atoms. The van der Waals surface area contributed by atoms with Gasteiger partial charge in [0.25, 0.3) is 0 Å². The number of halogens is 1. The smallest absolute Gasteiger partial charge is 0.126 e. The zero-order valence-electron chi connectivity index (χ0n) is 40.2. The molecule has 5 fully saturated rings. The van der Waals surface area contributed by atoms with Crippen molar-refractivity contribution in [1.29, 1.82) is 0 Å². The molecule has 6 heteroatoms. The summed E-state index contributed by atoms with van der Waals surface area (Å²) >= 11 is 0. The fourth-order valence-corrected chi connectivity index (χ4v) is 11.6. The maximum absolute atomic E-state index is 14.2. The minimum absolute atomic E-state index is 0.0105. The van der Waals surface area contributed by atoms with Gasteiger partial charge in [0.2, 0.25) is 0 Å². The number of hydrogen-bond donors (Lipinski definition) is 0. The molecule has 1 aromatic carbocycles. The van der Waals surface area contributed by atoms with Crippen molar-refractivity contribution in [2.24, 2.45) is 35.5 Å². The fraction of sp³-hybridized carbons (Fsp3) is 0.891. The van der Waals surface area contributed by atoms with Gasteiger partial charge in [-0.25, -0.2) is 14.2 Å². The van der Waals surface area contributed by atoms with Crippen LogP contribution in [-0.4, -0.2) is 51.3 Å². The van der Waals surface area contributed by atoms with E-state index in [-0.39, 0.29) is 5.82 Å². The van der Waals surface area contributed by atoms with Crippen molar-refractivity contribution in [3.63, 3.8) is 0 Å². The van der Waals surface area contributed by atoms with Crippen LogP contribution < -0.4 is 0 Å². The summed E-state index contributed by atoms with van der Waals surface area (Å²) in [6.07, 6.45) is 40.3. The van der Waals surface area contributed by atoms with Crippen LogP contribution >= 0.6 is 0 Å². The Morgan fingerprint density at radius 1 is 0.492 bits per heavy atom. The summed E-state index contributed by atoms with van der Waals surface area (Å²) in [7, 11) is 0. The molecule has 0 N–H and O–H groups in total. The summed E-state index contributed by atoms with van der Waals surface area (Å²) in [5.74, 6) is 5.74. The zero-order valence-corrected chi connectivity index (χ0v) is 40.2. The van der Waals surface area contributed by atoms with E-state index in [4.69, 9.17) is 24.0 Å². The van der Waals surface area contributed by atoms with Crippen molar-refractivity contribution >= 4 is 0 Å². The largest absolute Gasteiger partial charge is 0.378 e. The molecule has 0 aromatic heterocycles. The van der Waals surface area contributed by atoms with E-state index in [1.165, 1.54) is 180 Å². The molecule has 0 amide bonds. The molecule has 5 saturated carbocycles. The number of ether oxygens (including phenoxy) is 3. The van der Waals surface area contributed by atoms with Crippen LogP contribution in [0.3, 0.4) is 0 Å². The average Bonchev–Trinajstić information content (AvgIpc) is 3.28. The third-order valence-corrected chi connectivity index (χ3v) is 16.0. The zero-order chi connectivity index (χ0) is 42.9. The first kappa shape index (κ1) is 50.9. The van der Waals surface area contributed by atoms with Gasteiger partial charge in [0.1, 0.15) is 5.82 Å². The molecule has 6 rings (SSSR count). The van der Waals surface area contributed by atoms with Gasteiger partial charge in [0.05, 0.1) is 31.5 Å². The van der Waals surface area contributed by atoms with Crippen molar-refractivity contribution in [3.05, 3.63) is 35.1 Å². The SMILES string of the molecule is CCCCOC1CCC(CCC2CCC(c3ccc(C)cc3F)CC2)CC1.CCCCOOCC1CCC(C2CCC(OCCCCCCOC3CCC(C)CC3)CC2)CC1. The van der Waals surface area contributed by atoms with E-state index in [9.17, 15) is 4.39 Å². The monoisotopic (exact) mass is 855 g/mol. The standard InChI is InChI=1S/C30H56O4.C25H39FO/c1-3-4-23-33-34-24-26-11-13-27(14-12-26)28-15-19-30(20-16-28)32-22-8-6-5-7-21-31-29-17-9-25(2)10-18-29;1-3-4-17-27-23-14-10-21(11-15-23)7-6-20-8-12-22(13-9-20)24-16-5-19(2)18-25(24)26/h25-30H,3-24H2,1-2H3;5,16,18,20-23H,3-4,6-15,17H2,1-2H3. The fourth-order valence-electron chi connectivity index (χ4n) is 11.6. The summed E-state index contributed by atoms with van der Waals surface area (Å²) in [6, 6.07) is 5.78. The molecule has 0 aliphatic heterocycles. The first-order valence-corrected chi connectivity index (χ1v) is 26.7. The van der Waals surface area contributed by atoms with Crippen LogP contribution in [-0.2, 0) is 24.0 Å². The molecule has 352 valence electrons. The number of benzene rings is 1. The van der Waals surface area contributed by atoms with E-state index in [2.05, 4.69) is 26.8 Å². The lowest BCUT2D eigenvalue weighted by Crippen LogP contribution is -2.29. The first-order valence-electron chi connectivity index (χ1n) is 26.7. The quantitative estimate of drug-likeness (QED) is 0.0589. The van der Waals surface area contributed by atoms with Gasteiger partial charge in [-0.05, 0) is 220 Å². The summed E-state index contributed by atoms with van der Waals surface area (Å²) in [5.41, 5.74) is 1.98. The van der Waals surface area contributed by atoms with Gasteiger partial charge in [0, 0.05) is 19.8 Å². The van der Waals surface area contributed by atoms with Crippen molar-refractivity contribution in [2.75, 3.05) is 33.0 Å². The Bertz CT molecular complexity index is 1220. The molecule has 0 unspecified atom stereocenters. The van der Waals surface area contributed by atoms with Crippen molar-refractivity contribution in [1.82, 2.24) is 0 Å². The number of rotatable bonds is 24. The maximum atomic E-state index is 14.2. The third kappa shape index (κ3) is 19.9. The summed E-state index contributed by atoms with van der Waals surface area (Å²) < 4.78 is 32.6. The Labute approximate surface area is 375 Å². The molecule has 0 radical (unpaired) electrons. The lowest BCUT2D eigenvalue weighted by atomic mass is 9.71. The van der Waals surface area contributed by atoms with Crippen LogP contribution in [0.25, 0.3) is 0 Å². The van der Waals surface area contributed by atoms with E-state index in [0.29, 0.717) is 30.1 Å². The Morgan fingerprint density at radius 3 is 1.49 bits per heavy atom. The van der Waals surface area contributed by atoms with E-state index in [1.807, 2.05) is 13.0 Å². The van der Waals surface area contributed by atoms with Crippen LogP contribution in [0.1, 0.15) is 230 Å². The molecule has 1 aromatic rings. The Balaban J connectivity index is 0.000000237. The molecule has 0 atom stereocenters. The van der Waals surface area contributed by atoms with Crippen LogP contribution in [0.4, 0.5) is 4.39 Å². The van der Waals surface area contributed by atoms with E-state index in [0.717, 1.165) is 86.6 Å². The number of unbranched alkanes of at least 4 members (excludes halogenated alkanes) is 5. The van der Waals surface area contributed by atoms with Crippen LogP contribution in [0.5, 0.6) is 0 Å². The van der Waals surface area contributed by atoms with Crippen LogP contribution in [0.15, 0.2) is 18.2 Å². The Morgan fingerprint density at radius 2 is 0.951 bits per heavy atom. The van der Waals surface area contributed by atoms with Crippen LogP contribution in [0.2, 0.25) is 0 Å². The normalized spacial score (nSPS) is 31.0. The van der Waals surface area contributed by atoms with Gasteiger partial charge < -0.3 is 14.2 Å². The lowest BCUT2D eigenvalue weighted by molar-refractivity contribution is -0.302. The van der Waals surface area contributed by atoms with Crippen molar-refractivity contribution in [2.45, 2.75) is 245 Å². The summed E-state index contributed by atoms with van der Waals surface area (Å²) in [5, 5.41) is 0. The molecule has 0 bridgehead atoms. The first-order chi connectivity index (χ1) is 29.9. The minimum atomic E-state index is 0.0105. The highest BCUT2D eigenvalue weighted by Crippen LogP contribution is 2.42. The predicted octanol–water partition coefficient (Wildman–Crippen LogP) is 15.8. The highest BCUT2D eigenvalue weighted by molar-refractivity contribution is 5.26. The molecule has 5 aliphatic carbocycles. The van der Waals surface area contributed by atoms with Crippen LogP contribution in [0, 0.1) is 48.2 Å². The van der Waals surface area contributed by atoms with Gasteiger partial charge in [-0.2, -0.15) is 0 Å². The molecule has 5 aliphatic rings. The summed E-state index contributed by atoms with van der Waals surface area (Å²) in [6.45, 7) is 13.2. The molecular formula is C55H95FO5. The van der Waals surface area contributed by atoms with E-state index < -0.39 is 0 Å². The lowest BCUT2D eigenvalue weighted by Gasteiger charge is -2.37. The number of hydrogen-bond acceptors (Lipinski definition) is 5. The predicted molar refractivity (Wildman–Crippen MR) is 251 cm³/mol. The second kappa shape index (κ2) is 30.2. The van der Waals surface area contributed by atoms with Gasteiger partial charge in [0.15, 0.2) is 0 Å². The third-order valence-electron chi connectivity index (χ3n) is 16.0. The Hall–Kier alpha value is -1.05. The maximum Gasteiger partial charge on any atom is 0.126 e. The molecule has 0 heterocycles. The van der Waals surface area contributed by atoms with Gasteiger partial charge in [-0.3, -0.25) is 0 Å². The molecular weight excluding hydrogens is 760 g/mol.